The monoisotopic (exact) mass is 298 g/mol. The highest BCUT2D eigenvalue weighted by Gasteiger charge is 2.19. The Bertz CT molecular complexity index is 738. The molecule has 1 aromatic carbocycles. The second-order valence-corrected chi connectivity index (χ2v) is 6.14. The first kappa shape index (κ1) is 14.5. The van der Waals surface area contributed by atoms with Gasteiger partial charge in [-0.15, -0.1) is 0 Å². The number of aromatic nitrogens is 1. The van der Waals surface area contributed by atoms with E-state index < -0.39 is 15.8 Å². The molecule has 0 fully saturated rings. The number of hydrogen-bond acceptors (Lipinski definition) is 3. The molecule has 0 unspecified atom stereocenters. The predicted octanol–water partition coefficient (Wildman–Crippen LogP) is 1.77. The minimum absolute atomic E-state index is 0.0210. The van der Waals surface area contributed by atoms with E-state index >= 15 is 0 Å². The summed E-state index contributed by atoms with van der Waals surface area (Å²) in [6.45, 7) is 1.24. The normalized spacial score (nSPS) is 11.6. The molecule has 108 valence electrons. The Kier molecular flexibility index (Phi) is 3.82. The second kappa shape index (κ2) is 5.26. The fourth-order valence-corrected chi connectivity index (χ4v) is 3.02. The molecule has 0 spiro atoms. The molecule has 2 rings (SSSR count). The lowest BCUT2D eigenvalue weighted by Crippen LogP contribution is -2.13. The van der Waals surface area contributed by atoms with E-state index in [0.29, 0.717) is 5.69 Å². The number of aryl methyl sites for hydroxylation is 1. The van der Waals surface area contributed by atoms with Crippen LogP contribution in [0.3, 0.4) is 0 Å². The summed E-state index contributed by atoms with van der Waals surface area (Å²) in [6.07, 6.45) is 1.39. The zero-order chi connectivity index (χ0) is 14.9. The van der Waals surface area contributed by atoms with Crippen molar-refractivity contribution in [3.8, 4) is 0 Å². The molecule has 7 heteroatoms. The average Bonchev–Trinajstić information content (AvgIpc) is 2.77. The number of sulfonamides is 1. The van der Waals surface area contributed by atoms with Gasteiger partial charge in [0.1, 0.15) is 10.7 Å². The highest BCUT2D eigenvalue weighted by atomic mass is 32.2. The summed E-state index contributed by atoms with van der Waals surface area (Å²) in [5, 5.41) is 9.08. The fraction of sp³-hybridized carbons (Fsp3) is 0.231. The van der Waals surface area contributed by atoms with Crippen molar-refractivity contribution < 1.29 is 17.9 Å². The highest BCUT2D eigenvalue weighted by Crippen LogP contribution is 2.22. The minimum Gasteiger partial charge on any atom is -0.390 e. The average molecular weight is 298 g/mol. The summed E-state index contributed by atoms with van der Waals surface area (Å²) in [4.78, 5) is 0.0210. The first-order valence-electron chi connectivity index (χ1n) is 5.89. The largest absolute Gasteiger partial charge is 0.390 e. The maximum Gasteiger partial charge on any atom is 0.263 e. The van der Waals surface area contributed by atoms with Gasteiger partial charge < -0.3 is 9.67 Å². The second-order valence-electron chi connectivity index (χ2n) is 4.45. The maximum atomic E-state index is 13.4. The summed E-state index contributed by atoms with van der Waals surface area (Å²) < 4.78 is 41.7. The van der Waals surface area contributed by atoms with Crippen LogP contribution in [0.5, 0.6) is 0 Å². The molecule has 0 bridgehead atoms. The van der Waals surface area contributed by atoms with E-state index in [9.17, 15) is 12.8 Å². The lowest BCUT2D eigenvalue weighted by Gasteiger charge is -2.09. The van der Waals surface area contributed by atoms with E-state index in [1.807, 2.05) is 0 Å². The molecule has 1 aromatic heterocycles. The van der Waals surface area contributed by atoms with Gasteiger partial charge in [0.05, 0.1) is 12.3 Å². The minimum atomic E-state index is -3.81. The van der Waals surface area contributed by atoms with Crippen LogP contribution in [-0.4, -0.2) is 18.1 Å². The third kappa shape index (κ3) is 2.68. The number of benzene rings is 1. The number of rotatable bonds is 4. The Hall–Kier alpha value is -1.86. The lowest BCUT2D eigenvalue weighted by atomic mass is 10.2. The van der Waals surface area contributed by atoms with Crippen LogP contribution in [0.25, 0.3) is 0 Å². The molecule has 2 N–H and O–H groups in total. The SMILES string of the molecule is Cc1c(F)cccc1NS(=O)(=O)c1cc(CO)n(C)c1. The van der Waals surface area contributed by atoms with Crippen LogP contribution in [0.15, 0.2) is 35.4 Å². The van der Waals surface area contributed by atoms with Crippen molar-refractivity contribution in [2.45, 2.75) is 18.4 Å². The van der Waals surface area contributed by atoms with E-state index in [-0.39, 0.29) is 22.8 Å². The van der Waals surface area contributed by atoms with E-state index in [0.717, 1.165) is 0 Å². The number of hydrogen-bond donors (Lipinski definition) is 2. The summed E-state index contributed by atoms with van der Waals surface area (Å²) in [5.74, 6) is -0.477. The Balaban J connectivity index is 2.38. The molecule has 5 nitrogen and oxygen atoms in total. The van der Waals surface area contributed by atoms with Gasteiger partial charge >= 0.3 is 0 Å². The van der Waals surface area contributed by atoms with Crippen LogP contribution >= 0.6 is 0 Å². The summed E-state index contributed by atoms with van der Waals surface area (Å²) in [5.41, 5.74) is 0.898. The van der Waals surface area contributed by atoms with Crippen molar-refractivity contribution in [3.63, 3.8) is 0 Å². The predicted molar refractivity (Wildman–Crippen MR) is 73.3 cm³/mol. The first-order valence-corrected chi connectivity index (χ1v) is 7.37. The molecular weight excluding hydrogens is 283 g/mol. The Morgan fingerprint density at radius 1 is 1.40 bits per heavy atom. The third-order valence-electron chi connectivity index (χ3n) is 3.07. The maximum absolute atomic E-state index is 13.4. The van der Waals surface area contributed by atoms with Crippen molar-refractivity contribution >= 4 is 15.7 Å². The van der Waals surface area contributed by atoms with Gasteiger partial charge in [-0.25, -0.2) is 12.8 Å². The van der Waals surface area contributed by atoms with Gasteiger partial charge in [-0.05, 0) is 25.1 Å². The standard InChI is InChI=1S/C13H15FN2O3S/c1-9-12(14)4-3-5-13(9)15-20(18,19)11-6-10(8-17)16(2)7-11/h3-7,15,17H,8H2,1-2H3. The molecule has 0 atom stereocenters. The van der Waals surface area contributed by atoms with Crippen molar-refractivity contribution in [1.82, 2.24) is 4.57 Å². The molecular formula is C13H15FN2O3S. The number of aliphatic hydroxyl groups excluding tert-OH is 1. The van der Waals surface area contributed by atoms with Gasteiger partial charge in [0.15, 0.2) is 0 Å². The number of aliphatic hydroxyl groups is 1. The number of nitrogens with one attached hydrogen (secondary N) is 1. The highest BCUT2D eigenvalue weighted by molar-refractivity contribution is 7.92. The van der Waals surface area contributed by atoms with Gasteiger partial charge in [-0.3, -0.25) is 4.72 Å². The van der Waals surface area contributed by atoms with Gasteiger partial charge in [-0.2, -0.15) is 0 Å². The van der Waals surface area contributed by atoms with Crippen molar-refractivity contribution in [3.05, 3.63) is 47.5 Å². The number of nitrogens with zero attached hydrogens (tertiary/aromatic N) is 1. The van der Waals surface area contributed by atoms with Crippen LogP contribution in [-0.2, 0) is 23.7 Å². The van der Waals surface area contributed by atoms with Gasteiger partial charge in [0.25, 0.3) is 10.0 Å². The molecule has 0 aliphatic rings. The number of anilines is 1. The van der Waals surface area contributed by atoms with E-state index in [4.69, 9.17) is 5.11 Å². The van der Waals surface area contributed by atoms with E-state index in [2.05, 4.69) is 4.72 Å². The van der Waals surface area contributed by atoms with Gasteiger partial charge in [0, 0.05) is 24.5 Å². The molecule has 0 aliphatic carbocycles. The quantitative estimate of drug-likeness (QED) is 0.903. The van der Waals surface area contributed by atoms with Crippen molar-refractivity contribution in [2.75, 3.05) is 4.72 Å². The van der Waals surface area contributed by atoms with E-state index in [1.54, 1.807) is 7.05 Å². The van der Waals surface area contributed by atoms with Crippen LogP contribution in [0.2, 0.25) is 0 Å². The summed E-state index contributed by atoms with van der Waals surface area (Å²) in [6, 6.07) is 5.56. The van der Waals surface area contributed by atoms with Gasteiger partial charge in [-0.1, -0.05) is 6.07 Å². The zero-order valence-electron chi connectivity index (χ0n) is 11.1. The van der Waals surface area contributed by atoms with Crippen LogP contribution in [0.4, 0.5) is 10.1 Å². The van der Waals surface area contributed by atoms with Crippen LogP contribution in [0.1, 0.15) is 11.3 Å². The zero-order valence-corrected chi connectivity index (χ0v) is 11.9. The molecule has 20 heavy (non-hydrogen) atoms. The lowest BCUT2D eigenvalue weighted by molar-refractivity contribution is 0.272. The first-order chi connectivity index (χ1) is 9.35. The molecule has 0 saturated carbocycles. The molecule has 0 amide bonds. The smallest absolute Gasteiger partial charge is 0.263 e. The van der Waals surface area contributed by atoms with Crippen LogP contribution < -0.4 is 4.72 Å². The Labute approximate surface area is 116 Å². The molecule has 0 saturated heterocycles. The number of halogens is 1. The Morgan fingerprint density at radius 3 is 2.70 bits per heavy atom. The van der Waals surface area contributed by atoms with Crippen molar-refractivity contribution in [1.29, 1.82) is 0 Å². The molecule has 0 aliphatic heterocycles. The molecule has 0 radical (unpaired) electrons. The third-order valence-corrected chi connectivity index (χ3v) is 4.40. The van der Waals surface area contributed by atoms with Crippen molar-refractivity contribution in [2.24, 2.45) is 7.05 Å². The topological polar surface area (TPSA) is 71.3 Å². The summed E-state index contributed by atoms with van der Waals surface area (Å²) >= 11 is 0. The Morgan fingerprint density at radius 2 is 2.10 bits per heavy atom. The molecule has 2 aromatic rings. The van der Waals surface area contributed by atoms with Gasteiger partial charge in [0.2, 0.25) is 0 Å². The molecule has 1 heterocycles. The summed E-state index contributed by atoms with van der Waals surface area (Å²) in [7, 11) is -2.18. The fourth-order valence-electron chi connectivity index (χ4n) is 1.80. The van der Waals surface area contributed by atoms with Crippen LogP contribution in [0, 0.1) is 12.7 Å². The van der Waals surface area contributed by atoms with E-state index in [1.165, 1.54) is 42.0 Å².